The van der Waals surface area contributed by atoms with E-state index in [1.165, 1.54) is 25.1 Å². The number of alkyl halides is 3. The van der Waals surface area contributed by atoms with Crippen molar-refractivity contribution in [3.8, 4) is 0 Å². The minimum atomic E-state index is -4.70. The molecule has 0 bridgehead atoms. The molecule has 1 aromatic heterocycles. The first kappa shape index (κ1) is 24.1. The van der Waals surface area contributed by atoms with Gasteiger partial charge in [0.2, 0.25) is 0 Å². The number of hydrogen-bond donors (Lipinski definition) is 2. The minimum Gasteiger partial charge on any atom is -0.386 e. The number of amides is 1. The SMILES string of the molecule is CN1CC(Cl)=CC(Cl)=C1C(=O)Nc1ccc(F)c(C2(C)N=C(N)Cn3nc(C(F)(F)F)cc32)c1. The van der Waals surface area contributed by atoms with Crippen LogP contribution >= 0.6 is 23.2 Å². The van der Waals surface area contributed by atoms with Crippen LogP contribution in [0.3, 0.4) is 0 Å². The summed E-state index contributed by atoms with van der Waals surface area (Å²) in [7, 11) is 1.63. The zero-order valence-corrected chi connectivity index (χ0v) is 19.4. The fourth-order valence-corrected chi connectivity index (χ4v) is 4.69. The third-order valence-corrected chi connectivity index (χ3v) is 6.01. The van der Waals surface area contributed by atoms with Crippen molar-refractivity contribution in [3.63, 3.8) is 0 Å². The topological polar surface area (TPSA) is 88.5 Å². The van der Waals surface area contributed by atoms with E-state index in [9.17, 15) is 22.4 Å². The van der Waals surface area contributed by atoms with Crippen LogP contribution in [0.4, 0.5) is 23.2 Å². The molecule has 1 unspecified atom stereocenters. The summed E-state index contributed by atoms with van der Waals surface area (Å²) >= 11 is 12.2. The van der Waals surface area contributed by atoms with Crippen molar-refractivity contribution < 1.29 is 22.4 Å². The number of nitrogens with two attached hydrogens (primary N) is 1. The van der Waals surface area contributed by atoms with Gasteiger partial charge >= 0.3 is 6.18 Å². The molecule has 3 N–H and O–H groups in total. The summed E-state index contributed by atoms with van der Waals surface area (Å²) in [6, 6.07) is 4.51. The van der Waals surface area contributed by atoms with E-state index in [1.807, 2.05) is 0 Å². The molecular weight excluding hydrogens is 499 g/mol. The summed E-state index contributed by atoms with van der Waals surface area (Å²) < 4.78 is 55.9. The molecule has 7 nitrogen and oxygen atoms in total. The molecule has 3 heterocycles. The van der Waals surface area contributed by atoms with Crippen molar-refractivity contribution >= 4 is 40.6 Å². The molecule has 0 aliphatic carbocycles. The second-order valence-electron chi connectivity index (χ2n) is 8.04. The van der Waals surface area contributed by atoms with Gasteiger partial charge in [0, 0.05) is 23.3 Å². The van der Waals surface area contributed by atoms with Crippen LogP contribution in [0, 0.1) is 5.82 Å². The number of carbonyl (C=O) groups is 1. The van der Waals surface area contributed by atoms with Crippen molar-refractivity contribution in [3.05, 3.63) is 68.9 Å². The maximum Gasteiger partial charge on any atom is 0.435 e. The molecule has 4 rings (SSSR count). The van der Waals surface area contributed by atoms with Crippen LogP contribution in [-0.2, 0) is 23.1 Å². The number of benzene rings is 1. The number of aromatic nitrogens is 2. The Morgan fingerprint density at radius 2 is 1.94 bits per heavy atom. The number of fused-ring (bicyclic) bond motifs is 1. The lowest BCUT2D eigenvalue weighted by atomic mass is 9.87. The molecule has 0 spiro atoms. The zero-order valence-electron chi connectivity index (χ0n) is 17.8. The number of hydrogen-bond acceptors (Lipinski definition) is 5. The molecule has 2 aliphatic heterocycles. The van der Waals surface area contributed by atoms with Crippen molar-refractivity contribution in [2.24, 2.45) is 10.7 Å². The molecule has 34 heavy (non-hydrogen) atoms. The Balaban J connectivity index is 1.74. The Hall–Kier alpha value is -3.05. The number of nitrogens with one attached hydrogen (secondary N) is 1. The fraction of sp³-hybridized carbons (Fsp3) is 0.286. The Kier molecular flexibility index (Phi) is 5.89. The smallest absolute Gasteiger partial charge is 0.386 e. The van der Waals surface area contributed by atoms with Gasteiger partial charge in [-0.2, -0.15) is 18.3 Å². The molecule has 2 aliphatic rings. The highest BCUT2D eigenvalue weighted by Gasteiger charge is 2.43. The molecular formula is C21H18Cl2F4N6O. The Morgan fingerprint density at radius 3 is 2.59 bits per heavy atom. The first-order valence-corrected chi connectivity index (χ1v) is 10.6. The van der Waals surface area contributed by atoms with Gasteiger partial charge in [-0.1, -0.05) is 23.2 Å². The van der Waals surface area contributed by atoms with Gasteiger partial charge in [-0.3, -0.25) is 14.5 Å². The van der Waals surface area contributed by atoms with Gasteiger partial charge in [0.05, 0.1) is 23.8 Å². The second-order valence-corrected chi connectivity index (χ2v) is 8.93. The van der Waals surface area contributed by atoms with Gasteiger partial charge in [-0.15, -0.1) is 0 Å². The molecule has 180 valence electrons. The Labute approximate surface area is 201 Å². The average Bonchev–Trinajstić information content (AvgIpc) is 3.14. The van der Waals surface area contributed by atoms with E-state index in [-0.39, 0.29) is 46.6 Å². The molecule has 0 saturated carbocycles. The van der Waals surface area contributed by atoms with Crippen LogP contribution in [0.1, 0.15) is 23.9 Å². The molecule has 0 saturated heterocycles. The third kappa shape index (κ3) is 4.25. The van der Waals surface area contributed by atoms with Crippen LogP contribution in [0.2, 0.25) is 0 Å². The summed E-state index contributed by atoms with van der Waals surface area (Å²) in [5.41, 5.74) is 3.33. The molecule has 0 radical (unpaired) electrons. The zero-order chi connectivity index (χ0) is 25.0. The first-order valence-electron chi connectivity index (χ1n) is 9.87. The maximum absolute atomic E-state index is 15.0. The van der Waals surface area contributed by atoms with Crippen LogP contribution in [0.5, 0.6) is 0 Å². The van der Waals surface area contributed by atoms with Gasteiger partial charge in [-0.25, -0.2) is 4.39 Å². The number of aliphatic imine (C=N–C) groups is 1. The van der Waals surface area contributed by atoms with Crippen LogP contribution in [0.25, 0.3) is 0 Å². The van der Waals surface area contributed by atoms with Crippen molar-refractivity contribution in [2.45, 2.75) is 25.2 Å². The van der Waals surface area contributed by atoms with Crippen molar-refractivity contribution in [1.29, 1.82) is 0 Å². The second kappa shape index (κ2) is 8.31. The predicted octanol–water partition coefficient (Wildman–Crippen LogP) is 4.13. The number of halogens is 6. The average molecular weight is 517 g/mol. The maximum atomic E-state index is 15.0. The first-order chi connectivity index (χ1) is 15.8. The van der Waals surface area contributed by atoms with E-state index in [2.05, 4.69) is 15.4 Å². The van der Waals surface area contributed by atoms with E-state index in [4.69, 9.17) is 28.9 Å². The summed E-state index contributed by atoms with van der Waals surface area (Å²) in [6.45, 7) is 1.53. The molecule has 0 fully saturated rings. The van der Waals surface area contributed by atoms with Crippen molar-refractivity contribution in [1.82, 2.24) is 14.7 Å². The molecule has 1 atom stereocenters. The largest absolute Gasteiger partial charge is 0.435 e. The Bertz CT molecular complexity index is 1280. The lowest BCUT2D eigenvalue weighted by Crippen LogP contribution is -2.37. The predicted molar refractivity (Wildman–Crippen MR) is 120 cm³/mol. The van der Waals surface area contributed by atoms with E-state index in [1.54, 1.807) is 11.9 Å². The van der Waals surface area contributed by atoms with E-state index in [0.717, 1.165) is 16.8 Å². The van der Waals surface area contributed by atoms with Crippen LogP contribution < -0.4 is 11.1 Å². The monoisotopic (exact) mass is 516 g/mol. The minimum absolute atomic E-state index is 0.00828. The van der Waals surface area contributed by atoms with Crippen molar-refractivity contribution in [2.75, 3.05) is 18.9 Å². The summed E-state index contributed by atoms with van der Waals surface area (Å²) in [6.07, 6.45) is -3.25. The quantitative estimate of drug-likeness (QED) is 0.600. The molecule has 1 aromatic carbocycles. The highest BCUT2D eigenvalue weighted by molar-refractivity contribution is 6.37. The number of allylic oxidation sites excluding steroid dienone is 2. The molecule has 1 amide bonds. The van der Waals surface area contributed by atoms with Gasteiger partial charge in [-0.05, 0) is 37.3 Å². The number of anilines is 1. The molecule has 13 heteroatoms. The third-order valence-electron chi connectivity index (χ3n) is 5.49. The lowest BCUT2D eigenvalue weighted by Gasteiger charge is -2.31. The Morgan fingerprint density at radius 1 is 1.24 bits per heavy atom. The van der Waals surface area contributed by atoms with Crippen LogP contribution in [0.15, 0.2) is 51.1 Å². The summed E-state index contributed by atoms with van der Waals surface area (Å²) in [4.78, 5) is 18.7. The standard InChI is InChI=1S/C21H18Cl2F4N6O/c1-20(16-7-15(21(25,26)27)31-33(16)9-17(28)30-20)12-6-11(3-4-14(12)24)29-19(34)18-13(23)5-10(22)8-32(18)2/h3-7H,8-9H2,1-2H3,(H2,28,30)(H,29,34). The van der Waals surface area contributed by atoms with E-state index < -0.39 is 29.1 Å². The van der Waals surface area contributed by atoms with Gasteiger partial charge < -0.3 is 16.0 Å². The summed E-state index contributed by atoms with van der Waals surface area (Å²) in [5.74, 6) is -1.35. The fourth-order valence-electron chi connectivity index (χ4n) is 3.99. The number of carbonyl (C=O) groups excluding carboxylic acids is 1. The highest BCUT2D eigenvalue weighted by Crippen LogP contribution is 2.41. The number of amidine groups is 1. The molecule has 2 aromatic rings. The number of likely N-dealkylation sites (N-methyl/N-ethyl adjacent to an activating group) is 1. The van der Waals surface area contributed by atoms with E-state index in [0.29, 0.717) is 5.03 Å². The van der Waals surface area contributed by atoms with Crippen LogP contribution in [-0.4, -0.2) is 40.0 Å². The van der Waals surface area contributed by atoms with Gasteiger partial charge in [0.15, 0.2) is 5.69 Å². The number of nitrogens with zero attached hydrogens (tertiary/aromatic N) is 4. The van der Waals surface area contributed by atoms with E-state index >= 15 is 0 Å². The van der Waals surface area contributed by atoms with Gasteiger partial charge in [0.25, 0.3) is 5.91 Å². The van der Waals surface area contributed by atoms with Gasteiger partial charge in [0.1, 0.15) is 22.9 Å². The highest BCUT2D eigenvalue weighted by atomic mass is 35.5. The lowest BCUT2D eigenvalue weighted by molar-refractivity contribution is -0.141. The normalized spacial score (nSPS) is 20.6. The summed E-state index contributed by atoms with van der Waals surface area (Å²) in [5, 5.41) is 6.78. The number of rotatable bonds is 3.